The maximum atomic E-state index is 12.3. The summed E-state index contributed by atoms with van der Waals surface area (Å²) < 4.78 is 5.50. The molecule has 3 heterocycles. The fraction of sp³-hybridized carbons (Fsp3) is 0.267. The molecule has 2 saturated heterocycles. The zero-order valence-electron chi connectivity index (χ0n) is 10.8. The van der Waals surface area contributed by atoms with Gasteiger partial charge in [-0.05, 0) is 12.1 Å². The van der Waals surface area contributed by atoms with Crippen LogP contribution >= 0.6 is 0 Å². The Balaban J connectivity index is 1.56. The van der Waals surface area contributed by atoms with Crippen LogP contribution in [0.25, 0.3) is 0 Å². The summed E-state index contributed by atoms with van der Waals surface area (Å²) in [5, 5.41) is 0.597. The molecule has 3 aliphatic rings. The lowest BCUT2D eigenvalue weighted by molar-refractivity contribution is -0.177. The molecule has 6 nitrogen and oxygen atoms in total. The molecule has 0 N–H and O–H groups in total. The maximum absolute atomic E-state index is 12.3. The first-order valence-corrected chi connectivity index (χ1v) is 6.66. The van der Waals surface area contributed by atoms with E-state index in [1.54, 1.807) is 42.5 Å². The first-order valence-electron chi connectivity index (χ1n) is 6.66. The summed E-state index contributed by atoms with van der Waals surface area (Å²) in [5.74, 6) is -2.89. The number of benzene rings is 1. The lowest BCUT2D eigenvalue weighted by Crippen LogP contribution is -2.36. The normalized spacial score (nSPS) is 32.7. The zero-order valence-corrected chi connectivity index (χ0v) is 10.8. The minimum atomic E-state index is -0.724. The van der Waals surface area contributed by atoms with E-state index < -0.39 is 41.8 Å². The fourth-order valence-corrected chi connectivity index (χ4v) is 3.08. The van der Waals surface area contributed by atoms with Gasteiger partial charge < -0.3 is 9.57 Å². The molecule has 3 aliphatic heterocycles. The van der Waals surface area contributed by atoms with Gasteiger partial charge in [0, 0.05) is 0 Å². The van der Waals surface area contributed by atoms with Gasteiger partial charge in [0.25, 0.3) is 11.8 Å². The van der Waals surface area contributed by atoms with Crippen molar-refractivity contribution in [2.45, 2.75) is 12.2 Å². The monoisotopic (exact) mass is 285 g/mol. The Morgan fingerprint density at radius 3 is 2.14 bits per heavy atom. The van der Waals surface area contributed by atoms with Gasteiger partial charge in [0.1, 0.15) is 0 Å². The van der Waals surface area contributed by atoms with Crippen LogP contribution in [0.1, 0.15) is 10.4 Å². The van der Waals surface area contributed by atoms with Crippen LogP contribution < -0.4 is 0 Å². The maximum Gasteiger partial charge on any atom is 0.363 e. The number of nitrogens with zero attached hydrogens (tertiary/aromatic N) is 1. The number of amides is 2. The predicted octanol–water partition coefficient (Wildman–Crippen LogP) is 0.697. The first kappa shape index (κ1) is 12.3. The first-order chi connectivity index (χ1) is 10.2. The third kappa shape index (κ3) is 1.66. The van der Waals surface area contributed by atoms with Gasteiger partial charge in [-0.3, -0.25) is 9.59 Å². The highest BCUT2D eigenvalue weighted by molar-refractivity contribution is 6.07. The van der Waals surface area contributed by atoms with E-state index in [4.69, 9.17) is 9.57 Å². The summed E-state index contributed by atoms with van der Waals surface area (Å²) in [4.78, 5) is 41.5. The van der Waals surface area contributed by atoms with Crippen LogP contribution in [-0.4, -0.2) is 35.1 Å². The van der Waals surface area contributed by atoms with Gasteiger partial charge in [-0.15, -0.1) is 5.06 Å². The Labute approximate surface area is 119 Å². The molecule has 2 bridgehead atoms. The molecule has 1 aromatic rings. The molecule has 21 heavy (non-hydrogen) atoms. The Morgan fingerprint density at radius 2 is 1.57 bits per heavy atom. The minimum absolute atomic E-state index is 0.285. The van der Waals surface area contributed by atoms with Gasteiger partial charge in [0.05, 0.1) is 29.6 Å². The number of ether oxygens (including phenoxy) is 1. The van der Waals surface area contributed by atoms with Gasteiger partial charge in [0.15, 0.2) is 0 Å². The molecule has 0 spiro atoms. The largest absolute Gasteiger partial charge is 0.365 e. The summed E-state index contributed by atoms with van der Waals surface area (Å²) in [7, 11) is 0. The van der Waals surface area contributed by atoms with E-state index in [1.807, 2.05) is 0 Å². The minimum Gasteiger partial charge on any atom is -0.365 e. The summed E-state index contributed by atoms with van der Waals surface area (Å²) in [6.07, 6.45) is 2.77. The van der Waals surface area contributed by atoms with Crippen molar-refractivity contribution in [2.75, 3.05) is 0 Å². The van der Waals surface area contributed by atoms with Crippen molar-refractivity contribution in [1.82, 2.24) is 5.06 Å². The molecular formula is C15H11NO5. The van der Waals surface area contributed by atoms with Gasteiger partial charge in [-0.25, -0.2) is 4.79 Å². The summed E-state index contributed by atoms with van der Waals surface area (Å²) in [5.41, 5.74) is 0.285. The molecule has 0 saturated carbocycles. The number of carbonyl (C=O) groups excluding carboxylic acids is 3. The zero-order chi connectivity index (χ0) is 14.6. The standard InChI is InChI=1S/C15H11NO5/c17-13-11-9-6-7-10(20-9)12(11)14(18)16(13)21-15(19)8-4-2-1-3-5-8/h1-7,9-12H. The smallest absolute Gasteiger partial charge is 0.363 e. The SMILES string of the molecule is O=C(ON1C(=O)C2C3C=CC(O3)C2C1=O)c1ccccc1. The predicted molar refractivity (Wildman–Crippen MR) is 68.5 cm³/mol. The molecule has 0 radical (unpaired) electrons. The number of rotatable bonds is 2. The molecular weight excluding hydrogens is 274 g/mol. The van der Waals surface area contributed by atoms with Crippen molar-refractivity contribution < 1.29 is 24.0 Å². The van der Waals surface area contributed by atoms with Crippen LogP contribution in [0.3, 0.4) is 0 Å². The number of hydrogen-bond donors (Lipinski definition) is 0. The van der Waals surface area contributed by atoms with Gasteiger partial charge >= 0.3 is 5.97 Å². The molecule has 2 fully saturated rings. The van der Waals surface area contributed by atoms with E-state index in [9.17, 15) is 14.4 Å². The summed E-state index contributed by atoms with van der Waals surface area (Å²) in [6, 6.07) is 8.23. The van der Waals surface area contributed by atoms with Crippen molar-refractivity contribution >= 4 is 17.8 Å². The highest BCUT2D eigenvalue weighted by Crippen LogP contribution is 2.45. The van der Waals surface area contributed by atoms with Gasteiger partial charge in [-0.2, -0.15) is 0 Å². The van der Waals surface area contributed by atoms with Crippen molar-refractivity contribution in [3.05, 3.63) is 48.0 Å². The number of carbonyl (C=O) groups is 3. The quantitative estimate of drug-likeness (QED) is 0.590. The van der Waals surface area contributed by atoms with E-state index in [0.717, 1.165) is 0 Å². The molecule has 1 aromatic carbocycles. The van der Waals surface area contributed by atoms with Crippen molar-refractivity contribution in [3.63, 3.8) is 0 Å². The molecule has 106 valence electrons. The Kier molecular flexibility index (Phi) is 2.49. The highest BCUT2D eigenvalue weighted by atomic mass is 16.7. The van der Waals surface area contributed by atoms with Crippen LogP contribution in [0.4, 0.5) is 0 Å². The molecule has 4 unspecified atom stereocenters. The van der Waals surface area contributed by atoms with E-state index >= 15 is 0 Å². The number of hydroxylamine groups is 2. The number of fused-ring (bicyclic) bond motifs is 5. The Bertz CT molecular complexity index is 638. The van der Waals surface area contributed by atoms with Crippen molar-refractivity contribution in [1.29, 1.82) is 0 Å². The van der Waals surface area contributed by atoms with E-state index in [2.05, 4.69) is 0 Å². The summed E-state index contributed by atoms with van der Waals surface area (Å²) in [6.45, 7) is 0. The van der Waals surface area contributed by atoms with Crippen LogP contribution in [0, 0.1) is 11.8 Å². The van der Waals surface area contributed by atoms with Crippen molar-refractivity contribution in [3.8, 4) is 0 Å². The lowest BCUT2D eigenvalue weighted by Gasteiger charge is -2.16. The average Bonchev–Trinajstić information content (AvgIpc) is 3.18. The Hall–Kier alpha value is -2.47. The number of imide groups is 1. The lowest BCUT2D eigenvalue weighted by atomic mass is 9.85. The number of hydrogen-bond acceptors (Lipinski definition) is 5. The van der Waals surface area contributed by atoms with Gasteiger partial charge in [-0.1, -0.05) is 30.4 Å². The third-order valence-corrected chi connectivity index (χ3v) is 4.05. The molecule has 4 rings (SSSR count). The van der Waals surface area contributed by atoms with Gasteiger partial charge in [0.2, 0.25) is 0 Å². The topological polar surface area (TPSA) is 72.9 Å². The Morgan fingerprint density at radius 1 is 1.00 bits per heavy atom. The molecule has 0 aromatic heterocycles. The third-order valence-electron chi connectivity index (χ3n) is 4.05. The van der Waals surface area contributed by atoms with Crippen LogP contribution in [0.2, 0.25) is 0 Å². The second kappa shape index (κ2) is 4.26. The van der Waals surface area contributed by atoms with Crippen LogP contribution in [0.5, 0.6) is 0 Å². The van der Waals surface area contributed by atoms with Crippen LogP contribution in [-0.2, 0) is 19.2 Å². The van der Waals surface area contributed by atoms with Crippen molar-refractivity contribution in [2.24, 2.45) is 11.8 Å². The molecule has 6 heteroatoms. The molecule has 2 amide bonds. The highest BCUT2D eigenvalue weighted by Gasteiger charge is 2.62. The fourth-order valence-electron chi connectivity index (χ4n) is 3.08. The van der Waals surface area contributed by atoms with E-state index in [-0.39, 0.29) is 5.56 Å². The van der Waals surface area contributed by atoms with E-state index in [1.165, 1.54) is 0 Å². The second-order valence-electron chi connectivity index (χ2n) is 5.22. The average molecular weight is 285 g/mol. The summed E-state index contributed by atoms with van der Waals surface area (Å²) >= 11 is 0. The second-order valence-corrected chi connectivity index (χ2v) is 5.22. The molecule has 0 aliphatic carbocycles. The van der Waals surface area contributed by atoms with Crippen LogP contribution in [0.15, 0.2) is 42.5 Å². The van der Waals surface area contributed by atoms with E-state index in [0.29, 0.717) is 5.06 Å². The molecule has 4 atom stereocenters.